The first kappa shape index (κ1) is 21.7. The van der Waals surface area contributed by atoms with Crippen LogP contribution >= 0.6 is 12.2 Å². The van der Waals surface area contributed by atoms with Crippen molar-refractivity contribution in [3.63, 3.8) is 0 Å². The van der Waals surface area contributed by atoms with Crippen LogP contribution in [0.1, 0.15) is 71.6 Å². The predicted octanol–water partition coefficient (Wildman–Crippen LogP) is 3.83. The van der Waals surface area contributed by atoms with E-state index in [4.69, 9.17) is 5.11 Å². The van der Waals surface area contributed by atoms with E-state index < -0.39 is 12.0 Å². The maximum atomic E-state index is 12.1. The van der Waals surface area contributed by atoms with Crippen molar-refractivity contribution in [2.75, 3.05) is 6.54 Å². The van der Waals surface area contributed by atoms with E-state index in [1.54, 1.807) is 0 Å². The number of amides is 1. The van der Waals surface area contributed by atoms with Gasteiger partial charge in [-0.1, -0.05) is 58.8 Å². The molecule has 5 nitrogen and oxygen atoms in total. The highest BCUT2D eigenvalue weighted by atomic mass is 32.1. The zero-order valence-corrected chi connectivity index (χ0v) is 15.2. The number of carboxylic acid groups (broad SMARTS) is 1. The van der Waals surface area contributed by atoms with E-state index in [0.29, 0.717) is 0 Å². The highest BCUT2D eigenvalue weighted by molar-refractivity contribution is 7.78. The number of thiocarbonyl (C=S) groups is 1. The number of nitrogens with zero attached hydrogens (tertiary/aromatic N) is 1. The molecule has 0 spiro atoms. The minimum absolute atomic E-state index is 0.165. The van der Waals surface area contributed by atoms with Gasteiger partial charge in [0.15, 0.2) is 0 Å². The van der Waals surface area contributed by atoms with Crippen molar-refractivity contribution in [3.8, 4) is 0 Å². The summed E-state index contributed by atoms with van der Waals surface area (Å²) in [5.74, 6) is -1.41. The van der Waals surface area contributed by atoms with Crippen LogP contribution in [-0.2, 0) is 9.59 Å². The maximum Gasteiger partial charge on any atom is 0.326 e. The number of carbonyl (C=O) groups excluding carboxylic acids is 1. The lowest BCUT2D eigenvalue weighted by Crippen LogP contribution is -2.43. The zero-order chi connectivity index (χ0) is 17.5. The van der Waals surface area contributed by atoms with Gasteiger partial charge in [0.1, 0.15) is 6.04 Å². The van der Waals surface area contributed by atoms with Gasteiger partial charge in [-0.3, -0.25) is 4.79 Å². The van der Waals surface area contributed by atoms with Crippen molar-refractivity contribution in [1.29, 1.82) is 0 Å². The fraction of sp³-hybridized carbons (Fsp3) is 0.824. The topological polar surface area (TPSA) is 78.8 Å². The van der Waals surface area contributed by atoms with E-state index in [1.165, 1.54) is 32.1 Å². The summed E-state index contributed by atoms with van der Waals surface area (Å²) < 4.78 is 0. The van der Waals surface area contributed by atoms with Crippen LogP contribution in [0.5, 0.6) is 0 Å². The highest BCUT2D eigenvalue weighted by Crippen LogP contribution is 2.13. The van der Waals surface area contributed by atoms with Gasteiger partial charge in [-0.15, -0.1) is 0 Å². The summed E-state index contributed by atoms with van der Waals surface area (Å²) in [5.41, 5.74) is 0. The summed E-state index contributed by atoms with van der Waals surface area (Å²) in [5, 5.41) is 13.9. The minimum atomic E-state index is -1.04. The molecule has 0 aliphatic rings. The fourth-order valence-electron chi connectivity index (χ4n) is 2.35. The molecule has 0 aromatic carbocycles. The Labute approximate surface area is 144 Å². The van der Waals surface area contributed by atoms with Gasteiger partial charge in [-0.05, 0) is 25.1 Å². The van der Waals surface area contributed by atoms with Crippen LogP contribution in [-0.4, -0.2) is 34.7 Å². The molecule has 0 saturated heterocycles. The van der Waals surface area contributed by atoms with Crippen molar-refractivity contribution >= 4 is 29.3 Å². The Bertz CT molecular complexity index is 395. The highest BCUT2D eigenvalue weighted by Gasteiger charge is 2.22. The molecule has 0 aromatic heterocycles. The summed E-state index contributed by atoms with van der Waals surface area (Å²) in [6, 6.07) is -0.911. The predicted molar refractivity (Wildman–Crippen MR) is 95.9 cm³/mol. The molecule has 0 aromatic rings. The van der Waals surface area contributed by atoms with Crippen LogP contribution in [0.15, 0.2) is 4.99 Å². The molecular formula is C17H30N2O3S. The number of rotatable bonds is 14. The average molecular weight is 343 g/mol. The Morgan fingerprint density at radius 2 is 1.74 bits per heavy atom. The third-order valence-electron chi connectivity index (χ3n) is 3.90. The fourth-order valence-corrected chi connectivity index (χ4v) is 2.44. The number of carbonyl (C=O) groups is 2. The molecule has 0 aliphatic heterocycles. The molecule has 132 valence electrons. The van der Waals surface area contributed by atoms with Crippen molar-refractivity contribution in [2.45, 2.75) is 77.7 Å². The zero-order valence-electron chi connectivity index (χ0n) is 14.3. The lowest BCUT2D eigenvalue weighted by Gasteiger charge is -2.17. The standard InChI is InChI=1S/C17H30N2O3S/c1-3-4-5-6-7-8-9-10-14(2)16(20)19-15(17(21)22)11-12-18-13-23/h14-15H,3-12H2,1-2H3,(H,19,20)(H,21,22). The number of unbranched alkanes of at least 4 members (excludes halogenated alkanes) is 6. The molecule has 1 amide bonds. The lowest BCUT2D eigenvalue weighted by molar-refractivity contribution is -0.142. The molecule has 23 heavy (non-hydrogen) atoms. The van der Waals surface area contributed by atoms with Crippen LogP contribution in [0, 0.1) is 5.92 Å². The van der Waals surface area contributed by atoms with Gasteiger partial charge in [-0.2, -0.15) is 0 Å². The van der Waals surface area contributed by atoms with Gasteiger partial charge >= 0.3 is 5.97 Å². The molecule has 0 aliphatic carbocycles. The summed E-state index contributed by atoms with van der Waals surface area (Å²) in [6.45, 7) is 4.31. The van der Waals surface area contributed by atoms with Crippen molar-refractivity contribution in [3.05, 3.63) is 0 Å². The average Bonchev–Trinajstić information content (AvgIpc) is 2.52. The third-order valence-corrected chi connectivity index (χ3v) is 4.03. The molecular weight excluding hydrogens is 312 g/mol. The second kappa shape index (κ2) is 14.3. The molecule has 2 atom stereocenters. The van der Waals surface area contributed by atoms with Crippen LogP contribution in [0.2, 0.25) is 0 Å². The summed E-state index contributed by atoms with van der Waals surface area (Å²) in [7, 11) is 0. The number of hydrogen-bond donors (Lipinski definition) is 2. The summed E-state index contributed by atoms with van der Waals surface area (Å²) >= 11 is 4.44. The lowest BCUT2D eigenvalue weighted by atomic mass is 10.0. The second-order valence-electron chi connectivity index (χ2n) is 5.97. The minimum Gasteiger partial charge on any atom is -0.480 e. The van der Waals surface area contributed by atoms with Gasteiger partial charge in [0.25, 0.3) is 0 Å². The van der Waals surface area contributed by atoms with Crippen LogP contribution in [0.4, 0.5) is 0 Å². The van der Waals surface area contributed by atoms with Gasteiger partial charge < -0.3 is 10.4 Å². The molecule has 0 radical (unpaired) electrons. The number of aliphatic imine (C=N–C) groups is 1. The molecule has 6 heteroatoms. The Morgan fingerprint density at radius 1 is 1.13 bits per heavy atom. The van der Waals surface area contributed by atoms with Crippen molar-refractivity contribution < 1.29 is 14.7 Å². The Balaban J connectivity index is 3.97. The van der Waals surface area contributed by atoms with Crippen molar-refractivity contribution in [1.82, 2.24) is 5.32 Å². The molecule has 0 fully saturated rings. The Hall–Kier alpha value is -1.26. The van der Waals surface area contributed by atoms with E-state index in [2.05, 4.69) is 34.6 Å². The summed E-state index contributed by atoms with van der Waals surface area (Å²) in [4.78, 5) is 26.9. The number of aliphatic carboxylic acids is 1. The molecule has 0 saturated carbocycles. The van der Waals surface area contributed by atoms with E-state index in [1.807, 2.05) is 6.92 Å². The maximum absolute atomic E-state index is 12.1. The number of carboxylic acids is 1. The van der Waals surface area contributed by atoms with Gasteiger partial charge in [0.2, 0.25) is 5.91 Å². The van der Waals surface area contributed by atoms with Gasteiger partial charge in [0.05, 0.1) is 11.7 Å². The van der Waals surface area contributed by atoms with E-state index in [9.17, 15) is 9.59 Å². The number of isothiocyanates is 1. The van der Waals surface area contributed by atoms with Crippen molar-refractivity contribution in [2.24, 2.45) is 10.9 Å². The molecule has 2 N–H and O–H groups in total. The second-order valence-corrected chi connectivity index (χ2v) is 6.15. The van der Waals surface area contributed by atoms with Crippen LogP contribution in [0.3, 0.4) is 0 Å². The Morgan fingerprint density at radius 3 is 2.30 bits per heavy atom. The largest absolute Gasteiger partial charge is 0.480 e. The van der Waals surface area contributed by atoms with Crippen LogP contribution < -0.4 is 5.32 Å². The monoisotopic (exact) mass is 342 g/mol. The molecule has 0 bridgehead atoms. The first-order valence-electron chi connectivity index (χ1n) is 8.59. The summed E-state index contributed by atoms with van der Waals surface area (Å²) in [6.07, 6.45) is 9.47. The quantitative estimate of drug-likeness (QED) is 0.286. The van der Waals surface area contributed by atoms with Gasteiger partial charge in [-0.25, -0.2) is 9.79 Å². The molecule has 2 unspecified atom stereocenters. The third kappa shape index (κ3) is 11.9. The van der Waals surface area contributed by atoms with E-state index in [0.717, 1.165) is 19.3 Å². The number of hydrogen-bond acceptors (Lipinski definition) is 4. The smallest absolute Gasteiger partial charge is 0.326 e. The van der Waals surface area contributed by atoms with Crippen LogP contribution in [0.25, 0.3) is 0 Å². The first-order chi connectivity index (χ1) is 11.0. The Kier molecular flexibility index (Phi) is 13.6. The molecule has 0 heterocycles. The molecule has 0 rings (SSSR count). The first-order valence-corrected chi connectivity index (χ1v) is 9.00. The number of nitrogens with one attached hydrogen (secondary N) is 1. The SMILES string of the molecule is CCCCCCCCCC(C)C(=O)NC(CCN=C=S)C(=O)O. The van der Waals surface area contributed by atoms with E-state index >= 15 is 0 Å². The van der Waals surface area contributed by atoms with Gasteiger partial charge in [0, 0.05) is 5.92 Å². The normalized spacial score (nSPS) is 13.0. The van der Waals surface area contributed by atoms with E-state index in [-0.39, 0.29) is 24.8 Å².